The van der Waals surface area contributed by atoms with Crippen LogP contribution in [0.5, 0.6) is 17.2 Å². The fourth-order valence-corrected chi connectivity index (χ4v) is 4.77. The lowest BCUT2D eigenvalue weighted by atomic mass is 9.89. The van der Waals surface area contributed by atoms with E-state index in [0.717, 1.165) is 12.1 Å². The Hall–Kier alpha value is -4.23. The zero-order valence-corrected chi connectivity index (χ0v) is 22.4. The molecule has 5 N–H and O–H groups in total. The number of carbonyl (C=O) groups excluding carboxylic acids is 2. The Bertz CT molecular complexity index is 1560. The van der Waals surface area contributed by atoms with Crippen LogP contribution in [0, 0.1) is 6.92 Å². The van der Waals surface area contributed by atoms with E-state index in [-0.39, 0.29) is 46.0 Å². The summed E-state index contributed by atoms with van der Waals surface area (Å²) >= 11 is 0. The van der Waals surface area contributed by atoms with Crippen molar-refractivity contribution in [1.29, 1.82) is 0 Å². The van der Waals surface area contributed by atoms with E-state index in [0.29, 0.717) is 11.1 Å². The third-order valence-corrected chi connectivity index (χ3v) is 6.71. The van der Waals surface area contributed by atoms with Crippen LogP contribution >= 0.6 is 0 Å². The molecule has 2 aromatic carbocycles. The molecule has 0 radical (unpaired) electrons. The molecule has 0 saturated carbocycles. The molecule has 2 heterocycles. The first kappa shape index (κ1) is 29.7. The van der Waals surface area contributed by atoms with Gasteiger partial charge in [-0.3, -0.25) is 9.59 Å². The highest BCUT2D eigenvalue weighted by Crippen LogP contribution is 2.42. The van der Waals surface area contributed by atoms with E-state index in [9.17, 15) is 39.9 Å². The summed E-state index contributed by atoms with van der Waals surface area (Å²) in [6, 6.07) is 6.77. The van der Waals surface area contributed by atoms with E-state index >= 15 is 0 Å². The van der Waals surface area contributed by atoms with E-state index in [1.54, 1.807) is 6.92 Å². The second-order valence-electron chi connectivity index (χ2n) is 9.71. The van der Waals surface area contributed by atoms with Crippen LogP contribution in [0.4, 0.5) is 0 Å². The minimum atomic E-state index is -1.79. The molecule has 1 aliphatic heterocycles. The summed E-state index contributed by atoms with van der Waals surface area (Å²) in [5, 5.41) is 52.1. The predicted octanol–water partition coefficient (Wildman–Crippen LogP) is 1.43. The molecule has 4 rings (SSSR count). The molecule has 1 aliphatic rings. The van der Waals surface area contributed by atoms with Crippen molar-refractivity contribution in [3.63, 3.8) is 0 Å². The monoisotopic (exact) mass is 570 g/mol. The summed E-state index contributed by atoms with van der Waals surface area (Å²) in [5.74, 6) is -1.62. The molecular weight excluding hydrogens is 540 g/mol. The molecule has 0 spiro atoms. The van der Waals surface area contributed by atoms with Crippen molar-refractivity contribution in [2.24, 2.45) is 0 Å². The van der Waals surface area contributed by atoms with E-state index in [1.165, 1.54) is 44.4 Å². The van der Waals surface area contributed by atoms with Gasteiger partial charge in [0.25, 0.3) is 0 Å². The van der Waals surface area contributed by atoms with Crippen LogP contribution in [-0.2, 0) is 25.5 Å². The minimum Gasteiger partial charge on any atom is -0.507 e. The topological polar surface area (TPSA) is 193 Å². The molecule has 12 nitrogen and oxygen atoms in total. The smallest absolute Gasteiger partial charge is 0.331 e. The molecule has 0 bridgehead atoms. The van der Waals surface area contributed by atoms with Gasteiger partial charge in [0.15, 0.2) is 23.0 Å². The SMILES string of the molecule is COc1cc(C=CC(=O)O[C@@H]2[C@@H](O)[C@H](O)[C@@H](CO)O[C@H]2c2c(O)cc(C)c3c(=O)cc(CC(C)=O)oc23)ccc1O. The number of ketones is 1. The molecule has 1 saturated heterocycles. The average Bonchev–Trinajstić information content (AvgIpc) is 2.91. The van der Waals surface area contributed by atoms with Crippen LogP contribution in [0.1, 0.15) is 35.5 Å². The van der Waals surface area contributed by atoms with Gasteiger partial charge in [0.2, 0.25) is 0 Å². The van der Waals surface area contributed by atoms with Crippen LogP contribution < -0.4 is 10.2 Å². The number of ether oxygens (including phenoxy) is 3. The molecule has 218 valence electrons. The molecule has 1 fully saturated rings. The van der Waals surface area contributed by atoms with Gasteiger partial charge in [0, 0.05) is 12.1 Å². The molecular formula is C29H30O12. The maximum Gasteiger partial charge on any atom is 0.331 e. The van der Waals surface area contributed by atoms with Crippen LogP contribution in [0.15, 0.2) is 45.6 Å². The highest BCUT2D eigenvalue weighted by atomic mass is 16.6. The second kappa shape index (κ2) is 12.1. The molecule has 0 aliphatic carbocycles. The third kappa shape index (κ3) is 6.10. The lowest BCUT2D eigenvalue weighted by Gasteiger charge is -2.42. The standard InChI is InChI=1S/C29H30O12/c1-13-8-18(33)24(27-23(13)19(34)11-16(39-27)9-14(2)31)28-29(26(37)25(36)21(12-30)40-28)41-22(35)7-5-15-4-6-17(32)20(10-15)38-3/h4-8,10-11,21,25-26,28-30,32-33,36-37H,9,12H2,1-3H3/t21-,25-,26+,28+,29-/m1/s1. The number of methoxy groups -OCH3 is 1. The van der Waals surface area contributed by atoms with Crippen molar-refractivity contribution in [3.8, 4) is 17.2 Å². The minimum absolute atomic E-state index is 0.0113. The average molecular weight is 571 g/mol. The van der Waals surface area contributed by atoms with Gasteiger partial charge >= 0.3 is 5.97 Å². The Morgan fingerprint density at radius 1 is 1.07 bits per heavy atom. The Labute approximate surface area is 233 Å². The van der Waals surface area contributed by atoms with E-state index < -0.39 is 54.3 Å². The van der Waals surface area contributed by atoms with Crippen LogP contribution in [-0.4, -0.2) is 75.4 Å². The zero-order valence-electron chi connectivity index (χ0n) is 22.4. The molecule has 1 aromatic heterocycles. The Balaban J connectivity index is 1.78. The fourth-order valence-electron chi connectivity index (χ4n) is 4.77. The fraction of sp³-hybridized carbons (Fsp3) is 0.345. The Morgan fingerprint density at radius 3 is 2.46 bits per heavy atom. The molecule has 3 aromatic rings. The number of Topliss-reactive ketones (excluding diaryl/α,β-unsaturated/α-hetero) is 1. The maximum atomic E-state index is 13.0. The quantitative estimate of drug-likeness (QED) is 0.194. The van der Waals surface area contributed by atoms with Crippen LogP contribution in [0.2, 0.25) is 0 Å². The van der Waals surface area contributed by atoms with Gasteiger partial charge in [-0.05, 0) is 49.2 Å². The van der Waals surface area contributed by atoms with Gasteiger partial charge in [-0.25, -0.2) is 4.79 Å². The zero-order chi connectivity index (χ0) is 30.0. The molecule has 0 unspecified atom stereocenters. The number of aliphatic hydroxyl groups excluding tert-OH is 3. The number of hydrogen-bond acceptors (Lipinski definition) is 12. The first-order valence-electron chi connectivity index (χ1n) is 12.6. The van der Waals surface area contributed by atoms with Gasteiger partial charge in [-0.15, -0.1) is 0 Å². The van der Waals surface area contributed by atoms with E-state index in [2.05, 4.69) is 0 Å². The molecule has 12 heteroatoms. The van der Waals surface area contributed by atoms with Gasteiger partial charge in [0.05, 0.1) is 31.1 Å². The van der Waals surface area contributed by atoms with Crippen LogP contribution in [0.25, 0.3) is 17.0 Å². The van der Waals surface area contributed by atoms with Crippen molar-refractivity contribution in [2.75, 3.05) is 13.7 Å². The second-order valence-corrected chi connectivity index (χ2v) is 9.71. The highest BCUT2D eigenvalue weighted by molar-refractivity contribution is 5.88. The van der Waals surface area contributed by atoms with Gasteiger partial charge in [-0.1, -0.05) is 6.07 Å². The first-order valence-corrected chi connectivity index (χ1v) is 12.6. The number of benzene rings is 2. The lowest BCUT2D eigenvalue weighted by Crippen LogP contribution is -2.56. The molecule has 5 atom stereocenters. The number of phenols is 2. The first-order chi connectivity index (χ1) is 19.4. The van der Waals surface area contributed by atoms with Gasteiger partial charge in [-0.2, -0.15) is 0 Å². The summed E-state index contributed by atoms with van der Waals surface area (Å²) < 4.78 is 22.2. The van der Waals surface area contributed by atoms with Crippen LogP contribution in [0.3, 0.4) is 0 Å². The number of fused-ring (bicyclic) bond motifs is 1. The number of hydrogen-bond donors (Lipinski definition) is 5. The number of aryl methyl sites for hydroxylation is 1. The summed E-state index contributed by atoms with van der Waals surface area (Å²) in [6.07, 6.45) is -5.82. The van der Waals surface area contributed by atoms with Crippen molar-refractivity contribution < 1.29 is 53.7 Å². The van der Waals surface area contributed by atoms with Crippen molar-refractivity contribution in [2.45, 2.75) is 50.8 Å². The van der Waals surface area contributed by atoms with E-state index in [4.69, 9.17) is 18.6 Å². The molecule has 0 amide bonds. The number of aliphatic hydroxyl groups is 3. The Morgan fingerprint density at radius 2 is 1.80 bits per heavy atom. The number of rotatable bonds is 8. The van der Waals surface area contributed by atoms with Crippen molar-refractivity contribution in [3.05, 3.63) is 69.1 Å². The number of carbonyl (C=O) groups is 2. The summed E-state index contributed by atoms with van der Waals surface area (Å²) in [4.78, 5) is 37.6. The van der Waals surface area contributed by atoms with Crippen molar-refractivity contribution >= 4 is 28.8 Å². The maximum absolute atomic E-state index is 13.0. The normalized spacial score (nSPS) is 22.6. The van der Waals surface area contributed by atoms with Crippen molar-refractivity contribution in [1.82, 2.24) is 0 Å². The van der Waals surface area contributed by atoms with Gasteiger partial charge in [0.1, 0.15) is 47.3 Å². The summed E-state index contributed by atoms with van der Waals surface area (Å²) in [7, 11) is 1.36. The summed E-state index contributed by atoms with van der Waals surface area (Å²) in [5.41, 5.74) is -0.0276. The summed E-state index contributed by atoms with van der Waals surface area (Å²) in [6.45, 7) is 2.14. The lowest BCUT2D eigenvalue weighted by molar-refractivity contribution is -0.239. The van der Waals surface area contributed by atoms with E-state index in [1.807, 2.05) is 0 Å². The largest absolute Gasteiger partial charge is 0.507 e. The highest BCUT2D eigenvalue weighted by Gasteiger charge is 2.48. The number of phenolic OH excluding ortho intramolecular Hbond substituents is 2. The third-order valence-electron chi connectivity index (χ3n) is 6.71. The number of aromatic hydroxyl groups is 2. The van der Waals surface area contributed by atoms with Gasteiger partial charge < -0.3 is 44.2 Å². The molecule has 41 heavy (non-hydrogen) atoms. The Kier molecular flexibility index (Phi) is 8.78. The predicted molar refractivity (Wildman–Crippen MR) is 144 cm³/mol. The number of esters is 1.